The quantitative estimate of drug-likeness (QED) is 0.682. The van der Waals surface area contributed by atoms with Gasteiger partial charge < -0.3 is 15.2 Å². The van der Waals surface area contributed by atoms with Crippen molar-refractivity contribution in [3.8, 4) is 0 Å². The average molecular weight is 279 g/mol. The summed E-state index contributed by atoms with van der Waals surface area (Å²) in [6, 6.07) is 9.92. The molecule has 0 aromatic heterocycles. The monoisotopic (exact) mass is 279 g/mol. The van der Waals surface area contributed by atoms with Crippen molar-refractivity contribution in [2.75, 3.05) is 13.2 Å². The van der Waals surface area contributed by atoms with Crippen LogP contribution in [-0.2, 0) is 4.74 Å². The van der Waals surface area contributed by atoms with Gasteiger partial charge in [0, 0.05) is 12.6 Å². The van der Waals surface area contributed by atoms with Crippen LogP contribution in [0.5, 0.6) is 0 Å². The Bertz CT molecular complexity index is 351. The minimum Gasteiger partial charge on any atom is -0.387 e. The van der Waals surface area contributed by atoms with Crippen molar-refractivity contribution in [2.24, 2.45) is 5.92 Å². The maximum Gasteiger partial charge on any atom is 0.0945 e. The van der Waals surface area contributed by atoms with Gasteiger partial charge in [-0.1, -0.05) is 44.2 Å². The van der Waals surface area contributed by atoms with Gasteiger partial charge in [-0.3, -0.25) is 0 Å². The molecule has 2 N–H and O–H groups in total. The standard InChI is InChI=1S/C17H29NO2/c1-13(2)16(18-11-8-12-20-14(3)4)17(19)15-9-6-5-7-10-15/h5-7,9-10,13-14,16-19H,8,11-12H2,1-4H3. The van der Waals surface area contributed by atoms with E-state index in [9.17, 15) is 5.11 Å². The fraction of sp³-hybridized carbons (Fsp3) is 0.647. The number of ether oxygens (including phenoxy) is 1. The van der Waals surface area contributed by atoms with Crippen LogP contribution in [0.4, 0.5) is 0 Å². The molecule has 0 spiro atoms. The Morgan fingerprint density at radius 1 is 1.10 bits per heavy atom. The van der Waals surface area contributed by atoms with E-state index in [1.165, 1.54) is 0 Å². The number of hydrogen-bond acceptors (Lipinski definition) is 3. The third-order valence-corrected chi connectivity index (χ3v) is 3.35. The summed E-state index contributed by atoms with van der Waals surface area (Å²) in [4.78, 5) is 0. The SMILES string of the molecule is CC(C)OCCCNC(C(C)C)C(O)c1ccccc1. The first-order chi connectivity index (χ1) is 9.52. The molecule has 2 atom stereocenters. The van der Waals surface area contributed by atoms with Crippen LogP contribution in [0, 0.1) is 5.92 Å². The fourth-order valence-electron chi connectivity index (χ4n) is 2.23. The van der Waals surface area contributed by atoms with Crippen LogP contribution in [0.1, 0.15) is 45.8 Å². The highest BCUT2D eigenvalue weighted by Gasteiger charge is 2.23. The zero-order valence-electron chi connectivity index (χ0n) is 13.2. The van der Waals surface area contributed by atoms with E-state index < -0.39 is 6.10 Å². The Morgan fingerprint density at radius 2 is 1.75 bits per heavy atom. The van der Waals surface area contributed by atoms with Crippen molar-refractivity contribution in [2.45, 2.75) is 52.4 Å². The summed E-state index contributed by atoms with van der Waals surface area (Å²) in [5.41, 5.74) is 0.970. The van der Waals surface area contributed by atoms with Crippen LogP contribution in [-0.4, -0.2) is 30.4 Å². The minimum absolute atomic E-state index is 0.0662. The summed E-state index contributed by atoms with van der Waals surface area (Å²) >= 11 is 0. The van der Waals surface area contributed by atoms with E-state index in [-0.39, 0.29) is 12.1 Å². The molecule has 0 saturated carbocycles. The van der Waals surface area contributed by atoms with Gasteiger partial charge in [0.25, 0.3) is 0 Å². The Balaban J connectivity index is 2.44. The van der Waals surface area contributed by atoms with Crippen molar-refractivity contribution in [1.82, 2.24) is 5.32 Å². The Morgan fingerprint density at radius 3 is 2.30 bits per heavy atom. The van der Waals surface area contributed by atoms with E-state index in [4.69, 9.17) is 4.74 Å². The normalized spacial score (nSPS) is 14.8. The molecule has 0 heterocycles. The summed E-state index contributed by atoms with van der Waals surface area (Å²) in [6.07, 6.45) is 0.774. The molecular formula is C17H29NO2. The fourth-order valence-corrected chi connectivity index (χ4v) is 2.23. The molecule has 3 nitrogen and oxygen atoms in total. The molecule has 114 valence electrons. The lowest BCUT2D eigenvalue weighted by atomic mass is 9.93. The number of hydrogen-bond donors (Lipinski definition) is 2. The zero-order chi connectivity index (χ0) is 15.0. The lowest BCUT2D eigenvalue weighted by Crippen LogP contribution is -2.40. The maximum absolute atomic E-state index is 10.5. The van der Waals surface area contributed by atoms with Gasteiger partial charge in [-0.25, -0.2) is 0 Å². The second-order valence-electron chi connectivity index (χ2n) is 5.85. The molecule has 0 aliphatic carbocycles. The maximum atomic E-state index is 10.5. The van der Waals surface area contributed by atoms with Gasteiger partial charge in [-0.2, -0.15) is 0 Å². The smallest absolute Gasteiger partial charge is 0.0945 e. The van der Waals surface area contributed by atoms with Crippen LogP contribution in [0.3, 0.4) is 0 Å². The average Bonchev–Trinajstić information content (AvgIpc) is 2.42. The summed E-state index contributed by atoms with van der Waals surface area (Å²) in [6.45, 7) is 9.98. The molecular weight excluding hydrogens is 250 g/mol. The van der Waals surface area contributed by atoms with E-state index in [2.05, 4.69) is 19.2 Å². The summed E-state index contributed by atoms with van der Waals surface area (Å²) in [5.74, 6) is 0.372. The van der Waals surface area contributed by atoms with Gasteiger partial charge in [0.2, 0.25) is 0 Å². The molecule has 0 amide bonds. The summed E-state index contributed by atoms with van der Waals surface area (Å²) in [7, 11) is 0. The summed E-state index contributed by atoms with van der Waals surface area (Å²) in [5, 5.41) is 14.0. The molecule has 0 aliphatic rings. The molecule has 0 aliphatic heterocycles. The Hall–Kier alpha value is -0.900. The van der Waals surface area contributed by atoms with Crippen molar-refractivity contribution in [1.29, 1.82) is 0 Å². The van der Waals surface area contributed by atoms with Gasteiger partial charge in [-0.05, 0) is 38.3 Å². The van der Waals surface area contributed by atoms with Crippen LogP contribution in [0.2, 0.25) is 0 Å². The largest absolute Gasteiger partial charge is 0.387 e. The molecule has 1 rings (SSSR count). The second kappa shape index (κ2) is 9.11. The van der Waals surface area contributed by atoms with E-state index >= 15 is 0 Å². The number of aliphatic hydroxyl groups is 1. The van der Waals surface area contributed by atoms with Gasteiger partial charge in [0.05, 0.1) is 12.2 Å². The molecule has 0 saturated heterocycles. The molecule has 1 aromatic rings. The molecule has 2 unspecified atom stereocenters. The Kier molecular flexibility index (Phi) is 7.82. The molecule has 20 heavy (non-hydrogen) atoms. The van der Waals surface area contributed by atoms with Gasteiger partial charge in [0.15, 0.2) is 0 Å². The predicted molar refractivity (Wildman–Crippen MR) is 83.7 cm³/mol. The first kappa shape index (κ1) is 17.2. The molecule has 0 fully saturated rings. The van der Waals surface area contributed by atoms with E-state index in [1.54, 1.807) is 0 Å². The molecule has 1 aromatic carbocycles. The molecule has 0 bridgehead atoms. The molecule has 3 heteroatoms. The van der Waals surface area contributed by atoms with Gasteiger partial charge in [-0.15, -0.1) is 0 Å². The van der Waals surface area contributed by atoms with Gasteiger partial charge in [0.1, 0.15) is 0 Å². The highest BCUT2D eigenvalue weighted by atomic mass is 16.5. The van der Waals surface area contributed by atoms with Crippen molar-refractivity contribution >= 4 is 0 Å². The lowest BCUT2D eigenvalue weighted by Gasteiger charge is -2.28. The van der Waals surface area contributed by atoms with E-state index in [0.717, 1.165) is 25.1 Å². The highest BCUT2D eigenvalue weighted by Crippen LogP contribution is 2.21. The van der Waals surface area contributed by atoms with E-state index in [1.807, 2.05) is 44.2 Å². The first-order valence-corrected chi connectivity index (χ1v) is 7.60. The van der Waals surface area contributed by atoms with E-state index in [0.29, 0.717) is 5.92 Å². The first-order valence-electron chi connectivity index (χ1n) is 7.60. The predicted octanol–water partition coefficient (Wildman–Crippen LogP) is 3.15. The number of rotatable bonds is 9. The lowest BCUT2D eigenvalue weighted by molar-refractivity contribution is 0.0714. The Labute approximate surface area is 123 Å². The van der Waals surface area contributed by atoms with Crippen molar-refractivity contribution < 1.29 is 9.84 Å². The number of benzene rings is 1. The number of aliphatic hydroxyl groups excluding tert-OH is 1. The molecule has 0 radical (unpaired) electrons. The van der Waals surface area contributed by atoms with Gasteiger partial charge >= 0.3 is 0 Å². The van der Waals surface area contributed by atoms with Crippen LogP contribution < -0.4 is 5.32 Å². The minimum atomic E-state index is -0.470. The topological polar surface area (TPSA) is 41.5 Å². The van der Waals surface area contributed by atoms with Crippen LogP contribution in [0.25, 0.3) is 0 Å². The van der Waals surface area contributed by atoms with Crippen LogP contribution >= 0.6 is 0 Å². The van der Waals surface area contributed by atoms with Crippen LogP contribution in [0.15, 0.2) is 30.3 Å². The highest BCUT2D eigenvalue weighted by molar-refractivity contribution is 5.19. The second-order valence-corrected chi connectivity index (χ2v) is 5.85. The third kappa shape index (κ3) is 6.04. The van der Waals surface area contributed by atoms with Crippen molar-refractivity contribution in [3.63, 3.8) is 0 Å². The third-order valence-electron chi connectivity index (χ3n) is 3.35. The summed E-state index contributed by atoms with van der Waals surface area (Å²) < 4.78 is 5.53. The number of nitrogens with one attached hydrogen (secondary N) is 1. The van der Waals surface area contributed by atoms with Crippen molar-refractivity contribution in [3.05, 3.63) is 35.9 Å². The zero-order valence-corrected chi connectivity index (χ0v) is 13.2.